The summed E-state index contributed by atoms with van der Waals surface area (Å²) in [6, 6.07) is 37.7. The molecule has 5 aromatic rings. The van der Waals surface area contributed by atoms with Crippen LogP contribution in [0.1, 0.15) is 45.8 Å². The minimum Gasteiger partial charge on any atom is -0.478 e. The molecule has 0 atom stereocenters. The van der Waals surface area contributed by atoms with E-state index in [9.17, 15) is 14.7 Å². The molecule has 0 aromatic heterocycles. The highest BCUT2D eigenvalue weighted by Gasteiger charge is 2.24. The predicted molar refractivity (Wildman–Crippen MR) is 184 cm³/mol. The van der Waals surface area contributed by atoms with Crippen molar-refractivity contribution in [2.75, 3.05) is 20.2 Å². The summed E-state index contributed by atoms with van der Waals surface area (Å²) < 4.78 is 4.85. The molecule has 45 heavy (non-hydrogen) atoms. The van der Waals surface area contributed by atoms with E-state index >= 15 is 0 Å². The number of carboxylic acid groups (broad SMARTS) is 1. The molecule has 1 aliphatic rings. The lowest BCUT2D eigenvalue weighted by Crippen LogP contribution is -2.37. The van der Waals surface area contributed by atoms with Gasteiger partial charge in [-0.25, -0.2) is 9.59 Å². The number of carbonyl (C=O) groups excluding carboxylic acids is 1. The number of amides is 1. The average molecular weight is 634 g/mol. The van der Waals surface area contributed by atoms with E-state index < -0.39 is 5.97 Å². The number of carbonyl (C=O) groups is 2. The van der Waals surface area contributed by atoms with E-state index in [-0.39, 0.29) is 6.09 Å². The van der Waals surface area contributed by atoms with Gasteiger partial charge in [0.25, 0.3) is 0 Å². The molecule has 1 N–H and O–H groups in total. The van der Waals surface area contributed by atoms with Crippen LogP contribution in [0.2, 0.25) is 0 Å². The first-order valence-electron chi connectivity index (χ1n) is 15.1. The van der Waals surface area contributed by atoms with Gasteiger partial charge in [-0.2, -0.15) is 0 Å². The molecule has 0 aliphatic carbocycles. The lowest BCUT2D eigenvalue weighted by molar-refractivity contribution is 0.0699. The topological polar surface area (TPSA) is 66.8 Å². The normalized spacial score (nSPS) is 13.6. The van der Waals surface area contributed by atoms with Crippen LogP contribution in [0.4, 0.5) is 4.79 Å². The zero-order valence-electron chi connectivity index (χ0n) is 25.1. The van der Waals surface area contributed by atoms with Crippen molar-refractivity contribution in [3.8, 4) is 11.1 Å². The van der Waals surface area contributed by atoms with Crippen LogP contribution in [-0.2, 0) is 16.2 Å². The molecule has 1 amide bonds. The van der Waals surface area contributed by atoms with Crippen molar-refractivity contribution in [3.05, 3.63) is 131 Å². The van der Waals surface area contributed by atoms with Crippen molar-refractivity contribution in [3.63, 3.8) is 0 Å². The zero-order valence-corrected chi connectivity index (χ0v) is 26.8. The summed E-state index contributed by atoms with van der Waals surface area (Å²) in [5.74, 6) is 1.31. The molecule has 0 saturated carbocycles. The molecule has 5 aromatic carbocycles. The number of aromatic carboxylic acids is 1. The fraction of sp³-hybridized carbons (Fsp3) is 0.211. The Morgan fingerprint density at radius 3 is 1.89 bits per heavy atom. The summed E-state index contributed by atoms with van der Waals surface area (Å²) in [6.07, 6.45) is 1.71. The van der Waals surface area contributed by atoms with Crippen LogP contribution >= 0.6 is 23.5 Å². The Balaban J connectivity index is 1.01. The molecule has 5 nitrogen and oxygen atoms in total. The van der Waals surface area contributed by atoms with Crippen LogP contribution in [0, 0.1) is 0 Å². The number of thioether (sulfide) groups is 2. The van der Waals surface area contributed by atoms with Gasteiger partial charge in [0, 0.05) is 34.4 Å². The van der Waals surface area contributed by atoms with E-state index in [1.54, 1.807) is 22.7 Å². The largest absolute Gasteiger partial charge is 0.478 e. The minimum absolute atomic E-state index is 0.227. The van der Waals surface area contributed by atoms with Gasteiger partial charge < -0.3 is 14.7 Å². The number of methoxy groups -OCH3 is 1. The Bertz CT molecular complexity index is 1780. The zero-order chi connectivity index (χ0) is 31.2. The molecule has 7 heteroatoms. The first-order chi connectivity index (χ1) is 22.0. The van der Waals surface area contributed by atoms with Crippen LogP contribution in [0.3, 0.4) is 0 Å². The molecular weight excluding hydrogens is 599 g/mol. The first kappa shape index (κ1) is 30.8. The molecule has 1 fully saturated rings. The van der Waals surface area contributed by atoms with E-state index in [2.05, 4.69) is 72.8 Å². The Hall–Kier alpha value is -4.20. The number of fused-ring (bicyclic) bond motifs is 1. The lowest BCUT2D eigenvalue weighted by Gasteiger charge is -2.31. The Morgan fingerprint density at radius 1 is 0.733 bits per heavy atom. The Labute approximate surface area is 272 Å². The van der Waals surface area contributed by atoms with E-state index in [0.717, 1.165) is 53.1 Å². The number of hydrogen-bond acceptors (Lipinski definition) is 5. The Kier molecular flexibility index (Phi) is 9.77. The molecule has 0 unspecified atom stereocenters. The molecule has 1 saturated heterocycles. The lowest BCUT2D eigenvalue weighted by atomic mass is 9.90. The fourth-order valence-corrected chi connectivity index (χ4v) is 7.73. The van der Waals surface area contributed by atoms with Crippen molar-refractivity contribution in [1.82, 2.24) is 4.90 Å². The van der Waals surface area contributed by atoms with Crippen LogP contribution < -0.4 is 0 Å². The molecule has 1 aliphatic heterocycles. The van der Waals surface area contributed by atoms with Crippen molar-refractivity contribution >= 4 is 46.4 Å². The highest BCUT2D eigenvalue weighted by Crippen LogP contribution is 2.34. The van der Waals surface area contributed by atoms with Gasteiger partial charge in [0.2, 0.25) is 0 Å². The maximum absolute atomic E-state index is 11.8. The van der Waals surface area contributed by atoms with Gasteiger partial charge in [-0.05, 0) is 81.6 Å². The molecule has 0 spiro atoms. The van der Waals surface area contributed by atoms with Crippen molar-refractivity contribution < 1.29 is 19.4 Å². The number of ether oxygens (including phenoxy) is 1. The molecule has 228 valence electrons. The highest BCUT2D eigenvalue weighted by atomic mass is 32.2. The van der Waals surface area contributed by atoms with Crippen LogP contribution in [0.5, 0.6) is 0 Å². The maximum Gasteiger partial charge on any atom is 0.409 e. The number of benzene rings is 5. The van der Waals surface area contributed by atoms with Crippen LogP contribution in [0.25, 0.3) is 21.9 Å². The summed E-state index contributed by atoms with van der Waals surface area (Å²) in [6.45, 7) is 1.49. The predicted octanol–water partition coefficient (Wildman–Crippen LogP) is 9.74. The summed E-state index contributed by atoms with van der Waals surface area (Å²) in [5, 5.41) is 11.3. The number of hydrogen-bond donors (Lipinski definition) is 1. The molecule has 1 heterocycles. The summed E-state index contributed by atoms with van der Waals surface area (Å²) in [5.41, 5.74) is 6.58. The van der Waals surface area contributed by atoms with Crippen molar-refractivity contribution in [2.24, 2.45) is 0 Å². The average Bonchev–Trinajstić information content (AvgIpc) is 3.10. The summed E-state index contributed by atoms with van der Waals surface area (Å²) in [7, 11) is 1.44. The smallest absolute Gasteiger partial charge is 0.409 e. The third-order valence-electron chi connectivity index (χ3n) is 8.43. The van der Waals surface area contributed by atoms with Crippen molar-refractivity contribution in [2.45, 2.75) is 40.1 Å². The van der Waals surface area contributed by atoms with Gasteiger partial charge in [-0.3, -0.25) is 0 Å². The first-order valence-corrected chi connectivity index (χ1v) is 17.1. The summed E-state index contributed by atoms with van der Waals surface area (Å²) >= 11 is 3.57. The SMILES string of the molecule is COC(=O)N1CCC(c2ccc(SCc3ccc(-c4ccc(CSc5ccc(C(=O)O)c6ccccc56)cc4)cc3)cc2)CC1. The van der Waals surface area contributed by atoms with Crippen molar-refractivity contribution in [1.29, 1.82) is 0 Å². The molecule has 0 bridgehead atoms. The van der Waals surface area contributed by atoms with Crippen LogP contribution in [-0.4, -0.2) is 42.3 Å². The van der Waals surface area contributed by atoms with Gasteiger partial charge in [0.05, 0.1) is 12.7 Å². The molecule has 6 rings (SSSR count). The number of carboxylic acids is 1. The number of likely N-dealkylation sites (tertiary alicyclic amines) is 1. The van der Waals surface area contributed by atoms with E-state index in [1.807, 2.05) is 42.1 Å². The molecule has 0 radical (unpaired) electrons. The monoisotopic (exact) mass is 633 g/mol. The third kappa shape index (κ3) is 7.38. The second-order valence-electron chi connectivity index (χ2n) is 11.2. The van der Waals surface area contributed by atoms with Gasteiger partial charge in [0.15, 0.2) is 0 Å². The van der Waals surface area contributed by atoms with E-state index in [1.165, 1.54) is 39.8 Å². The minimum atomic E-state index is -0.900. The third-order valence-corrected chi connectivity index (χ3v) is 10.7. The quantitative estimate of drug-likeness (QED) is 0.163. The highest BCUT2D eigenvalue weighted by molar-refractivity contribution is 7.99. The van der Waals surface area contributed by atoms with Gasteiger partial charge in [0.1, 0.15) is 0 Å². The van der Waals surface area contributed by atoms with Gasteiger partial charge in [-0.1, -0.05) is 84.9 Å². The maximum atomic E-state index is 11.8. The van der Waals surface area contributed by atoms with Gasteiger partial charge in [-0.15, -0.1) is 23.5 Å². The summed E-state index contributed by atoms with van der Waals surface area (Å²) in [4.78, 5) is 27.5. The number of rotatable bonds is 9. The van der Waals surface area contributed by atoms with E-state index in [4.69, 9.17) is 4.74 Å². The standard InChI is InChI=1S/C38H35NO4S2/c1-43-38(42)39-22-20-31(21-23-39)30-14-16-32(17-15-30)44-24-26-6-10-28(11-7-26)29-12-8-27(9-13-29)25-45-36-19-18-35(37(40)41)33-4-2-3-5-34(33)36/h2-19,31H,20-25H2,1H3,(H,40,41). The molecular formula is C38H35NO4S2. The van der Waals surface area contributed by atoms with Crippen LogP contribution in [0.15, 0.2) is 119 Å². The van der Waals surface area contributed by atoms with E-state index in [0.29, 0.717) is 11.5 Å². The second kappa shape index (κ2) is 14.3. The second-order valence-corrected chi connectivity index (χ2v) is 13.3. The Morgan fingerprint density at radius 2 is 1.31 bits per heavy atom. The van der Waals surface area contributed by atoms with Gasteiger partial charge >= 0.3 is 12.1 Å². The number of piperidine rings is 1. The fourth-order valence-electron chi connectivity index (χ4n) is 5.86. The number of nitrogens with zero attached hydrogens (tertiary/aromatic N) is 1.